The fourth-order valence-electron chi connectivity index (χ4n) is 2.57. The Hall–Kier alpha value is -2.37. The molecule has 0 bridgehead atoms. The molecule has 0 radical (unpaired) electrons. The number of amides is 2. The maximum atomic E-state index is 12.5. The number of anilines is 1. The highest BCUT2D eigenvalue weighted by Gasteiger charge is 2.33. The number of fused-ring (bicyclic) bond motifs is 1. The van der Waals surface area contributed by atoms with Gasteiger partial charge in [-0.05, 0) is 25.0 Å². The molecule has 0 spiro atoms. The quantitative estimate of drug-likeness (QED) is 0.862. The zero-order valence-electron chi connectivity index (χ0n) is 12.0. The van der Waals surface area contributed by atoms with Crippen molar-refractivity contribution in [1.29, 1.82) is 0 Å². The van der Waals surface area contributed by atoms with Crippen LogP contribution in [0.5, 0.6) is 0 Å². The van der Waals surface area contributed by atoms with E-state index in [1.807, 2.05) is 18.2 Å². The number of carboxylic acids is 1. The monoisotopic (exact) mass is 290 g/mol. The highest BCUT2D eigenvalue weighted by molar-refractivity contribution is 6.00. The molecular formula is C15H18N2O4. The van der Waals surface area contributed by atoms with Gasteiger partial charge in [-0.25, -0.2) is 0 Å². The number of nitrogens with zero attached hydrogens (tertiary/aromatic N) is 1. The molecule has 0 saturated carbocycles. The normalized spacial score (nSPS) is 18.6. The number of carbonyl (C=O) groups is 3. The molecule has 0 aliphatic carbocycles. The van der Waals surface area contributed by atoms with Crippen LogP contribution in [0.1, 0.15) is 19.4 Å². The molecule has 0 saturated heterocycles. The molecule has 2 unspecified atom stereocenters. The summed E-state index contributed by atoms with van der Waals surface area (Å²) in [4.78, 5) is 36.3. The van der Waals surface area contributed by atoms with Gasteiger partial charge in [-0.15, -0.1) is 0 Å². The SMILES string of the molecule is CC(=O)NC(C)C(=O)N1CC(C(=O)O)Cc2ccccc21. The Morgan fingerprint density at radius 3 is 2.62 bits per heavy atom. The van der Waals surface area contributed by atoms with Crippen LogP contribution in [-0.4, -0.2) is 35.5 Å². The van der Waals surface area contributed by atoms with Gasteiger partial charge in [0, 0.05) is 19.2 Å². The highest BCUT2D eigenvalue weighted by atomic mass is 16.4. The van der Waals surface area contributed by atoms with E-state index in [9.17, 15) is 19.5 Å². The molecule has 2 rings (SSSR count). The third kappa shape index (κ3) is 3.21. The molecule has 1 aliphatic rings. The predicted molar refractivity (Wildman–Crippen MR) is 76.9 cm³/mol. The Morgan fingerprint density at radius 2 is 2.00 bits per heavy atom. The van der Waals surface area contributed by atoms with Crippen molar-refractivity contribution in [3.8, 4) is 0 Å². The molecule has 21 heavy (non-hydrogen) atoms. The van der Waals surface area contributed by atoms with E-state index < -0.39 is 17.9 Å². The van der Waals surface area contributed by atoms with E-state index in [0.29, 0.717) is 6.42 Å². The summed E-state index contributed by atoms with van der Waals surface area (Å²) in [6, 6.07) is 6.56. The molecule has 6 nitrogen and oxygen atoms in total. The molecule has 0 fully saturated rings. The number of para-hydroxylation sites is 1. The van der Waals surface area contributed by atoms with Crippen molar-refractivity contribution < 1.29 is 19.5 Å². The minimum absolute atomic E-state index is 0.120. The van der Waals surface area contributed by atoms with Crippen LogP contribution in [0.2, 0.25) is 0 Å². The first-order valence-electron chi connectivity index (χ1n) is 6.79. The van der Waals surface area contributed by atoms with Crippen molar-refractivity contribution in [2.75, 3.05) is 11.4 Å². The number of hydrogen-bond acceptors (Lipinski definition) is 3. The van der Waals surface area contributed by atoms with E-state index in [0.717, 1.165) is 11.3 Å². The fourth-order valence-corrected chi connectivity index (χ4v) is 2.57. The first kappa shape index (κ1) is 15.0. The zero-order chi connectivity index (χ0) is 15.6. The smallest absolute Gasteiger partial charge is 0.308 e. The van der Waals surface area contributed by atoms with Gasteiger partial charge in [0.1, 0.15) is 6.04 Å². The van der Waals surface area contributed by atoms with Gasteiger partial charge in [0.15, 0.2) is 0 Å². The van der Waals surface area contributed by atoms with Gasteiger partial charge in [0.2, 0.25) is 11.8 Å². The minimum atomic E-state index is -0.922. The van der Waals surface area contributed by atoms with Crippen molar-refractivity contribution in [2.45, 2.75) is 26.3 Å². The number of rotatable bonds is 3. The predicted octanol–water partition coefficient (Wildman–Crippen LogP) is 0.801. The minimum Gasteiger partial charge on any atom is -0.481 e. The molecule has 1 aliphatic heterocycles. The zero-order valence-corrected chi connectivity index (χ0v) is 12.0. The molecule has 2 atom stereocenters. The lowest BCUT2D eigenvalue weighted by Crippen LogP contribution is -2.50. The van der Waals surface area contributed by atoms with E-state index >= 15 is 0 Å². The van der Waals surface area contributed by atoms with Gasteiger partial charge < -0.3 is 15.3 Å². The van der Waals surface area contributed by atoms with Gasteiger partial charge in [0.05, 0.1) is 5.92 Å². The molecule has 6 heteroatoms. The van der Waals surface area contributed by atoms with Gasteiger partial charge in [0.25, 0.3) is 0 Å². The summed E-state index contributed by atoms with van der Waals surface area (Å²) < 4.78 is 0. The van der Waals surface area contributed by atoms with Crippen LogP contribution in [0.15, 0.2) is 24.3 Å². The maximum Gasteiger partial charge on any atom is 0.308 e. The van der Waals surface area contributed by atoms with Gasteiger partial charge >= 0.3 is 5.97 Å². The number of benzene rings is 1. The summed E-state index contributed by atoms with van der Waals surface area (Å²) in [5.74, 6) is -2.15. The lowest BCUT2D eigenvalue weighted by Gasteiger charge is -2.34. The molecular weight excluding hydrogens is 272 g/mol. The summed E-state index contributed by atoms with van der Waals surface area (Å²) in [5.41, 5.74) is 1.55. The number of aliphatic carboxylic acids is 1. The summed E-state index contributed by atoms with van der Waals surface area (Å²) >= 11 is 0. The second-order valence-electron chi connectivity index (χ2n) is 5.24. The van der Waals surface area contributed by atoms with Crippen LogP contribution in [-0.2, 0) is 20.8 Å². The van der Waals surface area contributed by atoms with Crippen molar-refractivity contribution in [2.24, 2.45) is 5.92 Å². The Kier molecular flexibility index (Phi) is 4.26. The molecule has 112 valence electrons. The first-order valence-corrected chi connectivity index (χ1v) is 6.79. The third-order valence-corrected chi connectivity index (χ3v) is 3.56. The Morgan fingerprint density at radius 1 is 1.33 bits per heavy atom. The molecule has 1 aromatic carbocycles. The van der Waals surface area contributed by atoms with Crippen LogP contribution in [0, 0.1) is 5.92 Å². The lowest BCUT2D eigenvalue weighted by atomic mass is 9.92. The van der Waals surface area contributed by atoms with E-state index in [4.69, 9.17) is 0 Å². The second kappa shape index (κ2) is 5.95. The van der Waals surface area contributed by atoms with Gasteiger partial charge in [-0.3, -0.25) is 14.4 Å². The van der Waals surface area contributed by atoms with Crippen LogP contribution < -0.4 is 10.2 Å². The van der Waals surface area contributed by atoms with Crippen molar-refractivity contribution >= 4 is 23.5 Å². The Bertz CT molecular complexity index is 585. The van der Waals surface area contributed by atoms with Crippen LogP contribution in [0.3, 0.4) is 0 Å². The summed E-state index contributed by atoms with van der Waals surface area (Å²) in [7, 11) is 0. The highest BCUT2D eigenvalue weighted by Crippen LogP contribution is 2.30. The largest absolute Gasteiger partial charge is 0.481 e. The number of carboxylic acid groups (broad SMARTS) is 1. The number of hydrogen-bond donors (Lipinski definition) is 2. The average molecular weight is 290 g/mol. The summed E-state index contributed by atoms with van der Waals surface area (Å²) in [6.07, 6.45) is 0.407. The topological polar surface area (TPSA) is 86.7 Å². The Labute approximate surface area is 122 Å². The lowest BCUT2D eigenvalue weighted by molar-refractivity contribution is -0.141. The third-order valence-electron chi connectivity index (χ3n) is 3.56. The molecule has 1 heterocycles. The first-order chi connectivity index (χ1) is 9.90. The summed E-state index contributed by atoms with van der Waals surface area (Å²) in [6.45, 7) is 3.06. The van der Waals surface area contributed by atoms with E-state index in [-0.39, 0.29) is 18.4 Å². The van der Waals surface area contributed by atoms with E-state index in [1.165, 1.54) is 11.8 Å². The van der Waals surface area contributed by atoms with Crippen molar-refractivity contribution in [3.05, 3.63) is 29.8 Å². The van der Waals surface area contributed by atoms with Gasteiger partial charge in [-0.1, -0.05) is 18.2 Å². The Balaban J connectivity index is 2.30. The molecule has 2 N–H and O–H groups in total. The van der Waals surface area contributed by atoms with Crippen LogP contribution in [0.4, 0.5) is 5.69 Å². The van der Waals surface area contributed by atoms with Gasteiger partial charge in [-0.2, -0.15) is 0 Å². The molecule has 2 amide bonds. The van der Waals surface area contributed by atoms with E-state index in [1.54, 1.807) is 13.0 Å². The fraction of sp³-hybridized carbons (Fsp3) is 0.400. The standard InChI is InChI=1S/C15H18N2O4/c1-9(16-10(2)18)14(19)17-8-12(15(20)21)7-11-5-3-4-6-13(11)17/h3-6,9,12H,7-8H2,1-2H3,(H,16,18)(H,20,21). The summed E-state index contributed by atoms with van der Waals surface area (Å²) in [5, 5.41) is 11.8. The molecule has 0 aromatic heterocycles. The van der Waals surface area contributed by atoms with E-state index in [2.05, 4.69) is 5.32 Å². The maximum absolute atomic E-state index is 12.5. The number of carbonyl (C=O) groups excluding carboxylic acids is 2. The van der Waals surface area contributed by atoms with Crippen molar-refractivity contribution in [1.82, 2.24) is 5.32 Å². The molecule has 1 aromatic rings. The van der Waals surface area contributed by atoms with Crippen LogP contribution >= 0.6 is 0 Å². The van der Waals surface area contributed by atoms with Crippen LogP contribution in [0.25, 0.3) is 0 Å². The van der Waals surface area contributed by atoms with Crippen molar-refractivity contribution in [3.63, 3.8) is 0 Å². The second-order valence-corrected chi connectivity index (χ2v) is 5.24. The number of nitrogens with one attached hydrogen (secondary N) is 1. The average Bonchev–Trinajstić information content (AvgIpc) is 2.44.